The van der Waals surface area contributed by atoms with Gasteiger partial charge in [0.25, 0.3) is 5.91 Å². The summed E-state index contributed by atoms with van der Waals surface area (Å²) < 4.78 is 22.9. The lowest BCUT2D eigenvalue weighted by atomic mass is 10.1. The zero-order valence-electron chi connectivity index (χ0n) is 13.8. The van der Waals surface area contributed by atoms with E-state index in [1.807, 2.05) is 0 Å². The van der Waals surface area contributed by atoms with E-state index in [-0.39, 0.29) is 38.3 Å². The maximum atomic E-state index is 13.0. The van der Waals surface area contributed by atoms with Crippen LogP contribution in [0.2, 0.25) is 10.0 Å². The number of carbonyl (C=O) groups is 2. The standard InChI is InChI=1S/C18H11Cl2FN2O4/c1-26-18(25)14-15(13-11(19)3-2-4-12(13)20)23-27-17(14)22-16(24)9-5-7-10(21)8-6-9/h2-8H,1H3,(H,22,24). The molecule has 0 spiro atoms. The second-order valence-electron chi connectivity index (χ2n) is 5.28. The van der Waals surface area contributed by atoms with Gasteiger partial charge >= 0.3 is 5.97 Å². The molecule has 3 aromatic rings. The third kappa shape index (κ3) is 3.79. The zero-order valence-corrected chi connectivity index (χ0v) is 15.3. The molecule has 9 heteroatoms. The molecule has 0 bridgehead atoms. The second-order valence-corrected chi connectivity index (χ2v) is 6.10. The number of amides is 1. The van der Waals surface area contributed by atoms with Crippen LogP contribution in [0.4, 0.5) is 10.3 Å². The number of esters is 1. The van der Waals surface area contributed by atoms with Crippen LogP contribution < -0.4 is 5.32 Å². The number of methoxy groups -OCH3 is 1. The van der Waals surface area contributed by atoms with Crippen LogP contribution >= 0.6 is 23.2 Å². The van der Waals surface area contributed by atoms with Gasteiger partial charge in [0.15, 0.2) is 5.56 Å². The number of anilines is 1. The van der Waals surface area contributed by atoms with Crippen LogP contribution in [-0.4, -0.2) is 24.1 Å². The van der Waals surface area contributed by atoms with Crippen molar-refractivity contribution in [1.29, 1.82) is 0 Å². The van der Waals surface area contributed by atoms with Crippen LogP contribution in [0, 0.1) is 5.82 Å². The SMILES string of the molecule is COC(=O)c1c(-c2c(Cl)cccc2Cl)noc1NC(=O)c1ccc(F)cc1. The van der Waals surface area contributed by atoms with Crippen molar-refractivity contribution in [3.8, 4) is 11.3 Å². The molecule has 2 aromatic carbocycles. The maximum Gasteiger partial charge on any atom is 0.345 e. The van der Waals surface area contributed by atoms with E-state index in [1.165, 1.54) is 19.2 Å². The lowest BCUT2D eigenvalue weighted by Crippen LogP contribution is -2.14. The molecule has 0 saturated carbocycles. The number of ether oxygens (including phenoxy) is 1. The van der Waals surface area contributed by atoms with Gasteiger partial charge in [-0.15, -0.1) is 0 Å². The number of carbonyl (C=O) groups excluding carboxylic acids is 2. The van der Waals surface area contributed by atoms with Gasteiger partial charge in [-0.3, -0.25) is 10.1 Å². The fraction of sp³-hybridized carbons (Fsp3) is 0.0556. The number of halogens is 3. The van der Waals surface area contributed by atoms with Crippen molar-refractivity contribution in [2.45, 2.75) is 0 Å². The molecule has 6 nitrogen and oxygen atoms in total. The van der Waals surface area contributed by atoms with Crippen molar-refractivity contribution in [3.05, 3.63) is 69.5 Å². The first-order valence-electron chi connectivity index (χ1n) is 7.51. The van der Waals surface area contributed by atoms with E-state index in [1.54, 1.807) is 18.2 Å². The van der Waals surface area contributed by atoms with Crippen LogP contribution in [0.1, 0.15) is 20.7 Å². The summed E-state index contributed by atoms with van der Waals surface area (Å²) in [7, 11) is 1.17. The summed E-state index contributed by atoms with van der Waals surface area (Å²) in [5.74, 6) is -2.18. The van der Waals surface area contributed by atoms with Gasteiger partial charge < -0.3 is 9.26 Å². The molecule has 27 heavy (non-hydrogen) atoms. The minimum Gasteiger partial charge on any atom is -0.465 e. The molecule has 0 fully saturated rings. The Morgan fingerprint density at radius 2 is 1.74 bits per heavy atom. The largest absolute Gasteiger partial charge is 0.465 e. The predicted molar refractivity (Wildman–Crippen MR) is 97.7 cm³/mol. The van der Waals surface area contributed by atoms with E-state index >= 15 is 0 Å². The van der Waals surface area contributed by atoms with Gasteiger partial charge in [-0.1, -0.05) is 34.4 Å². The Bertz CT molecular complexity index is 998. The molecule has 1 N–H and O–H groups in total. The van der Waals surface area contributed by atoms with E-state index in [2.05, 4.69) is 10.5 Å². The van der Waals surface area contributed by atoms with Crippen molar-refractivity contribution < 1.29 is 23.2 Å². The van der Waals surface area contributed by atoms with Crippen LogP contribution in [0.15, 0.2) is 47.0 Å². The maximum absolute atomic E-state index is 13.0. The molecule has 0 saturated heterocycles. The molecule has 0 aliphatic rings. The molecule has 1 heterocycles. The lowest BCUT2D eigenvalue weighted by Gasteiger charge is -2.07. The number of rotatable bonds is 4. The summed E-state index contributed by atoms with van der Waals surface area (Å²) in [5.41, 5.74) is 0.281. The van der Waals surface area contributed by atoms with Crippen molar-refractivity contribution in [3.63, 3.8) is 0 Å². The van der Waals surface area contributed by atoms with Gasteiger partial charge in [0, 0.05) is 11.1 Å². The number of hydrogen-bond donors (Lipinski definition) is 1. The fourth-order valence-corrected chi connectivity index (χ4v) is 2.91. The molecule has 0 unspecified atom stereocenters. The Morgan fingerprint density at radius 1 is 1.11 bits per heavy atom. The highest BCUT2D eigenvalue weighted by Gasteiger charge is 2.28. The molecule has 3 rings (SSSR count). The number of aromatic nitrogens is 1. The van der Waals surface area contributed by atoms with E-state index < -0.39 is 17.7 Å². The van der Waals surface area contributed by atoms with Gasteiger partial charge in [0.2, 0.25) is 5.88 Å². The average molecular weight is 409 g/mol. The Hall–Kier alpha value is -2.90. The van der Waals surface area contributed by atoms with Crippen LogP contribution in [0.25, 0.3) is 11.3 Å². The van der Waals surface area contributed by atoms with Crippen LogP contribution in [0.3, 0.4) is 0 Å². The lowest BCUT2D eigenvalue weighted by molar-refractivity contribution is 0.0602. The normalized spacial score (nSPS) is 10.5. The average Bonchev–Trinajstić information content (AvgIpc) is 3.04. The summed E-state index contributed by atoms with van der Waals surface area (Å²) in [5, 5.41) is 6.70. The van der Waals surface area contributed by atoms with Gasteiger partial charge in [0.1, 0.15) is 11.5 Å². The summed E-state index contributed by atoms with van der Waals surface area (Å²) in [6, 6.07) is 9.58. The first-order chi connectivity index (χ1) is 12.9. The smallest absolute Gasteiger partial charge is 0.345 e. The number of hydrogen-bond acceptors (Lipinski definition) is 5. The molecule has 0 aliphatic carbocycles. The summed E-state index contributed by atoms with van der Waals surface area (Å²) in [4.78, 5) is 24.6. The molecule has 0 radical (unpaired) electrons. The third-order valence-corrected chi connectivity index (χ3v) is 4.24. The molecule has 0 atom stereocenters. The highest BCUT2D eigenvalue weighted by Crippen LogP contribution is 2.38. The molecule has 0 aliphatic heterocycles. The van der Waals surface area contributed by atoms with Gasteiger partial charge in [-0.05, 0) is 36.4 Å². The molecular formula is C18H11Cl2FN2O4. The topological polar surface area (TPSA) is 81.4 Å². The Kier molecular flexibility index (Phi) is 5.43. The number of benzene rings is 2. The van der Waals surface area contributed by atoms with Crippen molar-refractivity contribution in [2.75, 3.05) is 12.4 Å². The first-order valence-corrected chi connectivity index (χ1v) is 8.27. The number of nitrogens with zero attached hydrogens (tertiary/aromatic N) is 1. The Balaban J connectivity index is 2.04. The van der Waals surface area contributed by atoms with E-state index in [4.69, 9.17) is 32.5 Å². The quantitative estimate of drug-likeness (QED) is 0.625. The minimum absolute atomic E-state index is 0.0202. The van der Waals surface area contributed by atoms with Gasteiger partial charge in [-0.25, -0.2) is 9.18 Å². The summed E-state index contributed by atoms with van der Waals surface area (Å²) in [6.45, 7) is 0. The fourth-order valence-electron chi connectivity index (χ4n) is 2.34. The monoisotopic (exact) mass is 408 g/mol. The Labute approximate surface area is 162 Å². The summed E-state index contributed by atoms with van der Waals surface area (Å²) in [6.07, 6.45) is 0. The van der Waals surface area contributed by atoms with Crippen LogP contribution in [-0.2, 0) is 4.74 Å². The minimum atomic E-state index is -0.809. The van der Waals surface area contributed by atoms with E-state index in [0.717, 1.165) is 12.1 Å². The second kappa shape index (κ2) is 7.77. The molecule has 1 aromatic heterocycles. The van der Waals surface area contributed by atoms with Crippen molar-refractivity contribution in [2.24, 2.45) is 0 Å². The van der Waals surface area contributed by atoms with Crippen molar-refractivity contribution in [1.82, 2.24) is 5.16 Å². The molecule has 1 amide bonds. The Morgan fingerprint density at radius 3 is 2.33 bits per heavy atom. The van der Waals surface area contributed by atoms with Crippen LogP contribution in [0.5, 0.6) is 0 Å². The number of nitrogens with one attached hydrogen (secondary N) is 1. The molecular weight excluding hydrogens is 398 g/mol. The molecule has 138 valence electrons. The summed E-state index contributed by atoms with van der Waals surface area (Å²) >= 11 is 12.3. The third-order valence-electron chi connectivity index (χ3n) is 3.61. The first kappa shape index (κ1) is 18.9. The van der Waals surface area contributed by atoms with Crippen molar-refractivity contribution >= 4 is 41.0 Å². The zero-order chi connectivity index (χ0) is 19.6. The van der Waals surface area contributed by atoms with E-state index in [0.29, 0.717) is 0 Å². The highest BCUT2D eigenvalue weighted by molar-refractivity contribution is 6.39. The van der Waals surface area contributed by atoms with Gasteiger partial charge in [-0.2, -0.15) is 0 Å². The highest BCUT2D eigenvalue weighted by atomic mass is 35.5. The van der Waals surface area contributed by atoms with E-state index in [9.17, 15) is 14.0 Å². The van der Waals surface area contributed by atoms with Gasteiger partial charge in [0.05, 0.1) is 17.2 Å². The predicted octanol–water partition coefficient (Wildman–Crippen LogP) is 4.83.